The Kier molecular flexibility index (Phi) is 7.20. The zero-order valence-electron chi connectivity index (χ0n) is 18.1. The van der Waals surface area contributed by atoms with E-state index in [2.05, 4.69) is 32.8 Å². The number of hydrogen-bond donors (Lipinski definition) is 1. The van der Waals surface area contributed by atoms with Crippen LogP contribution in [-0.2, 0) is 13.1 Å². The van der Waals surface area contributed by atoms with E-state index in [9.17, 15) is 4.79 Å². The molecule has 3 aromatic rings. The average molecular weight is 447 g/mol. The second-order valence-corrected chi connectivity index (χ2v) is 8.98. The van der Waals surface area contributed by atoms with Crippen molar-refractivity contribution in [1.29, 1.82) is 5.26 Å². The lowest BCUT2D eigenvalue weighted by Gasteiger charge is -2.18. The Hall–Kier alpha value is -3.15. The molecule has 1 amide bonds. The molecule has 0 radical (unpaired) electrons. The Balaban J connectivity index is 1.33. The number of aromatic nitrogens is 3. The molecule has 7 nitrogen and oxygen atoms in total. The topological polar surface area (TPSA) is 86.8 Å². The summed E-state index contributed by atoms with van der Waals surface area (Å²) >= 11 is 1.60. The minimum Gasteiger partial charge on any atom is -0.337 e. The van der Waals surface area contributed by atoms with Crippen molar-refractivity contribution in [2.75, 3.05) is 18.8 Å². The number of carbonyl (C=O) groups is 1. The van der Waals surface area contributed by atoms with Gasteiger partial charge in [-0.2, -0.15) is 5.26 Å². The molecule has 0 unspecified atom stereocenters. The fourth-order valence-corrected chi connectivity index (χ4v) is 4.57. The SMILES string of the molecule is CCSc1ncccc1C(=O)N1CC[C@@H](NCc2cncn2Cc2ccc(C#N)cc2)C1. The molecule has 4 rings (SSSR count). The standard InChI is InChI=1S/C24H26N6OS/c1-2-32-23-22(4-3-10-27-23)24(31)29-11-9-20(16-29)28-14-21-13-26-17-30(21)15-19-7-5-18(12-25)6-8-19/h3-8,10,13,17,20,28H,2,9,11,14-16H2,1H3/t20-/m1/s1. The smallest absolute Gasteiger partial charge is 0.256 e. The molecule has 1 atom stereocenters. The normalized spacial score (nSPS) is 15.6. The molecule has 32 heavy (non-hydrogen) atoms. The van der Waals surface area contributed by atoms with E-state index in [0.717, 1.165) is 35.0 Å². The van der Waals surface area contributed by atoms with Gasteiger partial charge in [0.05, 0.1) is 29.2 Å². The third-order valence-electron chi connectivity index (χ3n) is 5.56. The highest BCUT2D eigenvalue weighted by Gasteiger charge is 2.28. The first-order valence-corrected chi connectivity index (χ1v) is 11.7. The highest BCUT2D eigenvalue weighted by atomic mass is 32.2. The summed E-state index contributed by atoms with van der Waals surface area (Å²) in [7, 11) is 0. The van der Waals surface area contributed by atoms with Gasteiger partial charge in [-0.25, -0.2) is 9.97 Å². The van der Waals surface area contributed by atoms with Gasteiger partial charge in [-0.3, -0.25) is 4.79 Å². The Labute approximate surface area is 192 Å². The number of pyridine rings is 1. The van der Waals surface area contributed by atoms with E-state index in [1.807, 2.05) is 53.8 Å². The minimum atomic E-state index is 0.0595. The average Bonchev–Trinajstić information content (AvgIpc) is 3.48. The fourth-order valence-electron chi connectivity index (χ4n) is 3.86. The third-order valence-corrected chi connectivity index (χ3v) is 6.45. The summed E-state index contributed by atoms with van der Waals surface area (Å²) in [5.74, 6) is 0.946. The number of nitrogens with zero attached hydrogens (tertiary/aromatic N) is 5. The first-order chi connectivity index (χ1) is 15.7. The van der Waals surface area contributed by atoms with E-state index in [1.54, 1.807) is 18.0 Å². The second kappa shape index (κ2) is 10.4. The molecular weight excluding hydrogens is 420 g/mol. The Morgan fingerprint density at radius 3 is 2.94 bits per heavy atom. The second-order valence-electron chi connectivity index (χ2n) is 7.73. The number of nitrogens with one attached hydrogen (secondary N) is 1. The predicted octanol–water partition coefficient (Wildman–Crippen LogP) is 3.31. The van der Waals surface area contributed by atoms with Crippen molar-refractivity contribution in [3.05, 3.63) is 77.5 Å². The van der Waals surface area contributed by atoms with Crippen LogP contribution in [0.4, 0.5) is 0 Å². The summed E-state index contributed by atoms with van der Waals surface area (Å²) in [6.45, 7) is 4.89. The Bertz CT molecular complexity index is 1100. The Morgan fingerprint density at radius 1 is 1.31 bits per heavy atom. The van der Waals surface area contributed by atoms with Gasteiger partial charge in [0.25, 0.3) is 5.91 Å². The number of thioether (sulfide) groups is 1. The third kappa shape index (κ3) is 5.18. The number of amides is 1. The van der Waals surface area contributed by atoms with Crippen LogP contribution >= 0.6 is 11.8 Å². The molecule has 1 aromatic carbocycles. The molecule has 8 heteroatoms. The van der Waals surface area contributed by atoms with Gasteiger partial charge in [0.15, 0.2) is 0 Å². The highest BCUT2D eigenvalue weighted by Crippen LogP contribution is 2.23. The summed E-state index contributed by atoms with van der Waals surface area (Å²) in [6.07, 6.45) is 6.36. The lowest BCUT2D eigenvalue weighted by atomic mass is 10.1. The van der Waals surface area contributed by atoms with Gasteiger partial charge in [0, 0.05) is 44.6 Å². The first kappa shape index (κ1) is 22.1. The molecule has 2 aromatic heterocycles. The molecule has 1 saturated heterocycles. The fraction of sp³-hybridized carbons (Fsp3) is 0.333. The molecule has 1 N–H and O–H groups in total. The monoisotopic (exact) mass is 446 g/mol. The molecule has 1 fully saturated rings. The van der Waals surface area contributed by atoms with Gasteiger partial charge in [-0.05, 0) is 42.0 Å². The van der Waals surface area contributed by atoms with Crippen LogP contribution in [0.15, 0.2) is 60.1 Å². The van der Waals surface area contributed by atoms with Crippen LogP contribution in [0.3, 0.4) is 0 Å². The van der Waals surface area contributed by atoms with Crippen LogP contribution in [0, 0.1) is 11.3 Å². The summed E-state index contributed by atoms with van der Waals surface area (Å²) in [5, 5.41) is 13.4. The predicted molar refractivity (Wildman–Crippen MR) is 124 cm³/mol. The molecule has 0 bridgehead atoms. The molecule has 0 spiro atoms. The maximum atomic E-state index is 13.0. The quantitative estimate of drug-likeness (QED) is 0.534. The summed E-state index contributed by atoms with van der Waals surface area (Å²) in [5.41, 5.74) is 3.57. The molecule has 0 aliphatic carbocycles. The summed E-state index contributed by atoms with van der Waals surface area (Å²) < 4.78 is 2.11. The van der Waals surface area contributed by atoms with Crippen LogP contribution in [0.2, 0.25) is 0 Å². The van der Waals surface area contributed by atoms with E-state index in [4.69, 9.17) is 5.26 Å². The van der Waals surface area contributed by atoms with Gasteiger partial charge in [-0.1, -0.05) is 19.1 Å². The summed E-state index contributed by atoms with van der Waals surface area (Å²) in [4.78, 5) is 23.6. The van der Waals surface area contributed by atoms with E-state index < -0.39 is 0 Å². The molecule has 1 aliphatic heterocycles. The van der Waals surface area contributed by atoms with E-state index >= 15 is 0 Å². The van der Waals surface area contributed by atoms with Crippen molar-refractivity contribution in [2.24, 2.45) is 0 Å². The highest BCUT2D eigenvalue weighted by molar-refractivity contribution is 7.99. The number of hydrogen-bond acceptors (Lipinski definition) is 6. The van der Waals surface area contributed by atoms with Gasteiger partial charge < -0.3 is 14.8 Å². The summed E-state index contributed by atoms with van der Waals surface area (Å²) in [6, 6.07) is 13.7. The zero-order valence-corrected chi connectivity index (χ0v) is 18.9. The van der Waals surface area contributed by atoms with Crippen molar-refractivity contribution in [3.8, 4) is 6.07 Å². The largest absolute Gasteiger partial charge is 0.337 e. The van der Waals surface area contributed by atoms with Crippen LogP contribution in [0.5, 0.6) is 0 Å². The van der Waals surface area contributed by atoms with Crippen molar-refractivity contribution >= 4 is 17.7 Å². The van der Waals surface area contributed by atoms with Gasteiger partial charge in [0.1, 0.15) is 5.03 Å². The van der Waals surface area contributed by atoms with Crippen molar-refractivity contribution in [1.82, 2.24) is 24.8 Å². The zero-order chi connectivity index (χ0) is 22.3. The van der Waals surface area contributed by atoms with E-state index in [1.165, 1.54) is 0 Å². The van der Waals surface area contributed by atoms with E-state index in [0.29, 0.717) is 30.8 Å². The molecule has 0 saturated carbocycles. The lowest BCUT2D eigenvalue weighted by Crippen LogP contribution is -2.35. The van der Waals surface area contributed by atoms with Gasteiger partial charge in [0.2, 0.25) is 0 Å². The maximum absolute atomic E-state index is 13.0. The van der Waals surface area contributed by atoms with Gasteiger partial charge in [-0.15, -0.1) is 11.8 Å². The number of imidazole rings is 1. The number of likely N-dealkylation sites (tertiary alicyclic amines) is 1. The van der Waals surface area contributed by atoms with Crippen molar-refractivity contribution in [3.63, 3.8) is 0 Å². The Morgan fingerprint density at radius 2 is 2.16 bits per heavy atom. The van der Waals surface area contributed by atoms with E-state index in [-0.39, 0.29) is 11.9 Å². The van der Waals surface area contributed by atoms with Crippen LogP contribution in [0.25, 0.3) is 0 Å². The molecule has 3 heterocycles. The van der Waals surface area contributed by atoms with Gasteiger partial charge >= 0.3 is 0 Å². The number of nitriles is 1. The number of benzene rings is 1. The number of rotatable bonds is 8. The maximum Gasteiger partial charge on any atom is 0.256 e. The van der Waals surface area contributed by atoms with Crippen LogP contribution < -0.4 is 5.32 Å². The van der Waals surface area contributed by atoms with Crippen LogP contribution in [-0.4, -0.2) is 50.2 Å². The van der Waals surface area contributed by atoms with Crippen molar-refractivity contribution < 1.29 is 4.79 Å². The minimum absolute atomic E-state index is 0.0595. The van der Waals surface area contributed by atoms with Crippen molar-refractivity contribution in [2.45, 2.75) is 37.5 Å². The first-order valence-electron chi connectivity index (χ1n) is 10.8. The lowest BCUT2D eigenvalue weighted by molar-refractivity contribution is 0.0785. The van der Waals surface area contributed by atoms with Crippen LogP contribution in [0.1, 0.15) is 40.5 Å². The molecule has 164 valence electrons. The molecular formula is C24H26N6OS. The molecule has 1 aliphatic rings. The number of carbonyl (C=O) groups excluding carboxylic acids is 1.